The number of aromatic nitrogens is 2. The lowest BCUT2D eigenvalue weighted by Crippen LogP contribution is -2.09. The number of ether oxygens (including phenoxy) is 3. The molecule has 0 unspecified atom stereocenters. The number of methoxy groups -OCH3 is 1. The van der Waals surface area contributed by atoms with Gasteiger partial charge in [0.25, 0.3) is 0 Å². The average Bonchev–Trinajstić information content (AvgIpc) is 3.06. The maximum Gasteiger partial charge on any atom is 0.348 e. The van der Waals surface area contributed by atoms with Gasteiger partial charge >= 0.3 is 11.9 Å². The van der Waals surface area contributed by atoms with Crippen molar-refractivity contribution in [1.29, 1.82) is 0 Å². The van der Waals surface area contributed by atoms with Crippen molar-refractivity contribution in [2.24, 2.45) is 0 Å². The van der Waals surface area contributed by atoms with Crippen molar-refractivity contribution >= 4 is 45.0 Å². The molecule has 0 saturated carbocycles. The van der Waals surface area contributed by atoms with E-state index in [2.05, 4.69) is 15.3 Å². The molecule has 0 aliphatic carbocycles. The number of hydrogen-bond acceptors (Lipinski definition) is 9. The molecule has 2 aromatic heterocycles. The lowest BCUT2D eigenvalue weighted by molar-refractivity contribution is -0.139. The minimum absolute atomic E-state index is 0.0834. The Hall–Kier alpha value is -3.20. The molecule has 3 aromatic rings. The third-order valence-electron chi connectivity index (χ3n) is 4.27. The van der Waals surface area contributed by atoms with Gasteiger partial charge in [-0.05, 0) is 38.5 Å². The van der Waals surface area contributed by atoms with E-state index in [-0.39, 0.29) is 13.0 Å². The fraction of sp³-hybridized carbons (Fsp3) is 0.333. The summed E-state index contributed by atoms with van der Waals surface area (Å²) in [5.74, 6) is 0.583. The van der Waals surface area contributed by atoms with E-state index in [9.17, 15) is 9.59 Å². The van der Waals surface area contributed by atoms with Gasteiger partial charge in [-0.3, -0.25) is 4.79 Å². The lowest BCUT2D eigenvalue weighted by Gasteiger charge is -2.13. The fourth-order valence-electron chi connectivity index (χ4n) is 2.92. The summed E-state index contributed by atoms with van der Waals surface area (Å²) in [6, 6.07) is 7.48. The molecule has 8 nitrogen and oxygen atoms in total. The van der Waals surface area contributed by atoms with Gasteiger partial charge in [0, 0.05) is 0 Å². The van der Waals surface area contributed by atoms with Crippen LogP contribution in [0.2, 0.25) is 0 Å². The summed E-state index contributed by atoms with van der Waals surface area (Å²) in [4.78, 5) is 34.2. The third kappa shape index (κ3) is 4.51. The molecular weight excluding hydrogens is 406 g/mol. The molecule has 0 radical (unpaired) electrons. The quantitative estimate of drug-likeness (QED) is 0.536. The van der Waals surface area contributed by atoms with Gasteiger partial charge in [0.1, 0.15) is 33.5 Å². The third-order valence-corrected chi connectivity index (χ3v) is 5.43. The highest BCUT2D eigenvalue weighted by molar-refractivity contribution is 7.20. The molecule has 0 amide bonds. The first-order valence-electron chi connectivity index (χ1n) is 9.51. The van der Waals surface area contributed by atoms with Crippen molar-refractivity contribution in [3.05, 3.63) is 40.5 Å². The van der Waals surface area contributed by atoms with Crippen LogP contribution in [0.5, 0.6) is 5.75 Å². The van der Waals surface area contributed by atoms with Gasteiger partial charge in [0.15, 0.2) is 0 Å². The van der Waals surface area contributed by atoms with E-state index < -0.39 is 11.9 Å². The molecule has 0 spiro atoms. The van der Waals surface area contributed by atoms with Crippen LogP contribution >= 0.6 is 11.3 Å². The molecule has 1 N–H and O–H groups in total. The molecule has 2 heterocycles. The number of benzene rings is 1. The molecule has 30 heavy (non-hydrogen) atoms. The second kappa shape index (κ2) is 9.53. The monoisotopic (exact) mass is 429 g/mol. The summed E-state index contributed by atoms with van der Waals surface area (Å²) >= 11 is 1.21. The molecule has 158 valence electrons. The van der Waals surface area contributed by atoms with E-state index >= 15 is 0 Å². The summed E-state index contributed by atoms with van der Waals surface area (Å²) < 4.78 is 15.6. The van der Waals surface area contributed by atoms with Crippen molar-refractivity contribution in [2.75, 3.05) is 25.6 Å². The first kappa shape index (κ1) is 21.5. The topological polar surface area (TPSA) is 99.6 Å². The van der Waals surface area contributed by atoms with Gasteiger partial charge in [0.05, 0.1) is 31.4 Å². The second-order valence-electron chi connectivity index (χ2n) is 6.25. The van der Waals surface area contributed by atoms with Crippen LogP contribution in [0.15, 0.2) is 24.3 Å². The largest absolute Gasteiger partial charge is 0.492 e. The Morgan fingerprint density at radius 2 is 1.90 bits per heavy atom. The highest BCUT2D eigenvalue weighted by Crippen LogP contribution is 2.37. The molecule has 0 aliphatic rings. The normalized spacial score (nSPS) is 10.7. The first-order valence-corrected chi connectivity index (χ1v) is 10.3. The van der Waals surface area contributed by atoms with E-state index in [1.54, 1.807) is 6.92 Å². The fourth-order valence-corrected chi connectivity index (χ4v) is 4.02. The van der Waals surface area contributed by atoms with Crippen LogP contribution in [0.4, 0.5) is 11.5 Å². The minimum Gasteiger partial charge on any atom is -0.492 e. The van der Waals surface area contributed by atoms with Gasteiger partial charge in [-0.15, -0.1) is 11.3 Å². The van der Waals surface area contributed by atoms with Gasteiger partial charge in [-0.1, -0.05) is 12.1 Å². The van der Waals surface area contributed by atoms with Crippen LogP contribution in [0.3, 0.4) is 0 Å². The van der Waals surface area contributed by atoms with Crippen molar-refractivity contribution in [3.63, 3.8) is 0 Å². The maximum atomic E-state index is 12.4. The summed E-state index contributed by atoms with van der Waals surface area (Å²) in [5.41, 5.74) is 1.43. The molecule has 0 bridgehead atoms. The number of nitrogens with one attached hydrogen (secondary N) is 1. The van der Waals surface area contributed by atoms with Gasteiger partial charge < -0.3 is 19.5 Å². The second-order valence-corrected chi connectivity index (χ2v) is 7.25. The molecular formula is C21H23N3O5S. The van der Waals surface area contributed by atoms with Crippen molar-refractivity contribution in [2.45, 2.75) is 27.2 Å². The number of thiophene rings is 1. The van der Waals surface area contributed by atoms with Crippen LogP contribution in [0, 0.1) is 6.92 Å². The summed E-state index contributed by atoms with van der Waals surface area (Å²) in [6.07, 6.45) is -0.0834. The Balaban J connectivity index is 2.14. The molecule has 0 atom stereocenters. The summed E-state index contributed by atoms with van der Waals surface area (Å²) in [7, 11) is 1.31. The van der Waals surface area contributed by atoms with Crippen LogP contribution in [0.25, 0.3) is 10.2 Å². The van der Waals surface area contributed by atoms with E-state index in [1.165, 1.54) is 18.4 Å². The van der Waals surface area contributed by atoms with Crippen molar-refractivity contribution < 1.29 is 23.8 Å². The Kier molecular flexibility index (Phi) is 6.83. The molecule has 3 rings (SSSR count). The Morgan fingerprint density at radius 3 is 2.60 bits per heavy atom. The number of hydrogen-bond donors (Lipinski definition) is 1. The van der Waals surface area contributed by atoms with E-state index in [4.69, 9.17) is 14.2 Å². The number of anilines is 2. The van der Waals surface area contributed by atoms with Gasteiger partial charge in [-0.25, -0.2) is 14.8 Å². The van der Waals surface area contributed by atoms with Gasteiger partial charge in [0.2, 0.25) is 0 Å². The molecule has 0 aliphatic heterocycles. The molecule has 9 heteroatoms. The smallest absolute Gasteiger partial charge is 0.348 e. The average molecular weight is 429 g/mol. The predicted octanol–water partition coefficient (Wildman–Crippen LogP) is 4.03. The summed E-state index contributed by atoms with van der Waals surface area (Å²) in [6.45, 7) is 6.28. The van der Waals surface area contributed by atoms with E-state index in [1.807, 2.05) is 38.1 Å². The van der Waals surface area contributed by atoms with Crippen molar-refractivity contribution in [3.8, 4) is 5.75 Å². The number of aryl methyl sites for hydroxylation is 1. The number of carbonyl (C=O) groups is 2. The number of carbonyl (C=O) groups excluding carboxylic acids is 2. The highest BCUT2D eigenvalue weighted by atomic mass is 32.1. The van der Waals surface area contributed by atoms with Gasteiger partial charge in [-0.2, -0.15) is 0 Å². The van der Waals surface area contributed by atoms with E-state index in [0.717, 1.165) is 5.56 Å². The zero-order valence-corrected chi connectivity index (χ0v) is 18.1. The van der Waals surface area contributed by atoms with Crippen LogP contribution in [-0.4, -0.2) is 42.2 Å². The zero-order valence-electron chi connectivity index (χ0n) is 17.3. The van der Waals surface area contributed by atoms with E-state index in [0.29, 0.717) is 44.8 Å². The highest BCUT2D eigenvalue weighted by Gasteiger charge is 2.22. The Labute approximate surface area is 178 Å². The minimum atomic E-state index is -0.450. The lowest BCUT2D eigenvalue weighted by atomic mass is 10.2. The Bertz CT molecular complexity index is 1080. The molecule has 1 aromatic carbocycles. The number of rotatable bonds is 8. The number of nitrogens with zero attached hydrogens (tertiary/aromatic N) is 2. The first-order chi connectivity index (χ1) is 14.5. The number of esters is 2. The zero-order chi connectivity index (χ0) is 21.7. The van der Waals surface area contributed by atoms with Crippen LogP contribution in [0.1, 0.15) is 34.9 Å². The SMILES string of the molecule is CCOC(=O)c1sc2nc(CC(=O)OC)nc(Nc3ccccc3OCC)c2c1C. The maximum absolute atomic E-state index is 12.4. The predicted molar refractivity (Wildman–Crippen MR) is 115 cm³/mol. The molecule has 0 saturated heterocycles. The number of para-hydroxylation sites is 2. The number of fused-ring (bicyclic) bond motifs is 1. The van der Waals surface area contributed by atoms with Crippen molar-refractivity contribution in [1.82, 2.24) is 9.97 Å². The van der Waals surface area contributed by atoms with Crippen LogP contribution < -0.4 is 10.1 Å². The Morgan fingerprint density at radius 1 is 1.13 bits per heavy atom. The molecule has 0 fully saturated rings. The standard InChI is InChI=1S/C21H23N3O5S/c1-5-28-14-10-8-7-9-13(14)22-19-17-12(3)18(21(26)29-6-2)30-20(17)24-15(23-19)11-16(25)27-4/h7-10H,5-6,11H2,1-4H3,(H,22,23,24). The summed E-state index contributed by atoms with van der Waals surface area (Å²) in [5, 5.41) is 3.98. The van der Waals surface area contributed by atoms with Crippen LogP contribution in [-0.2, 0) is 20.7 Å².